The van der Waals surface area contributed by atoms with Crippen LogP contribution in [0.5, 0.6) is 0 Å². The van der Waals surface area contributed by atoms with Gasteiger partial charge in [0, 0.05) is 12.9 Å². The van der Waals surface area contributed by atoms with Gasteiger partial charge >= 0.3 is 12.1 Å². The van der Waals surface area contributed by atoms with Crippen LogP contribution in [0.1, 0.15) is 41.0 Å². The molecule has 2 heterocycles. The molecule has 28 heavy (non-hydrogen) atoms. The van der Waals surface area contributed by atoms with E-state index in [0.717, 1.165) is 0 Å². The van der Waals surface area contributed by atoms with Gasteiger partial charge in [0.1, 0.15) is 23.9 Å². The molecule has 162 valence electrons. The van der Waals surface area contributed by atoms with E-state index in [1.165, 1.54) is 11.8 Å². The van der Waals surface area contributed by atoms with Crippen molar-refractivity contribution in [3.05, 3.63) is 0 Å². The Bertz CT molecular complexity index is 564. The van der Waals surface area contributed by atoms with Gasteiger partial charge in [0.15, 0.2) is 12.1 Å². The Hall–Kier alpha value is -1.07. The number of amides is 1. The summed E-state index contributed by atoms with van der Waals surface area (Å²) in [4.78, 5) is 23.2. The number of hydrogen-bond donors (Lipinski definition) is 2. The lowest BCUT2D eigenvalue weighted by Gasteiger charge is -2.23. The third-order valence-corrected chi connectivity index (χ3v) is 5.25. The molecule has 2 N–H and O–H groups in total. The second kappa shape index (κ2) is 9.17. The number of carboxylic acids is 1. The molecule has 2 aliphatic heterocycles. The van der Waals surface area contributed by atoms with Crippen molar-refractivity contribution in [2.45, 2.75) is 83.1 Å². The summed E-state index contributed by atoms with van der Waals surface area (Å²) in [6.07, 6.45) is -1.71. The fourth-order valence-electron chi connectivity index (χ4n) is 3.07. The highest BCUT2D eigenvalue weighted by molar-refractivity contribution is 7.99. The van der Waals surface area contributed by atoms with Crippen LogP contribution >= 0.6 is 11.8 Å². The first-order valence-electron chi connectivity index (χ1n) is 9.26. The van der Waals surface area contributed by atoms with Crippen LogP contribution in [-0.4, -0.2) is 77.8 Å². The van der Waals surface area contributed by atoms with Crippen LogP contribution in [0.4, 0.5) is 4.79 Å². The second-order valence-electron chi connectivity index (χ2n) is 8.24. The Morgan fingerprint density at radius 3 is 2.46 bits per heavy atom. The van der Waals surface area contributed by atoms with Gasteiger partial charge in [-0.05, 0) is 46.8 Å². The Morgan fingerprint density at radius 2 is 1.89 bits per heavy atom. The van der Waals surface area contributed by atoms with Crippen LogP contribution in [0.3, 0.4) is 0 Å². The standard InChI is InChI=1S/C18H31NO8S/c1-17(2,3)27-16(22)19-10(14(20)21)7-8-28-9-11-12-13(15(23-6)24-11)26-18(4,5)25-12/h10-13,15H,7-9H2,1-6H3,(H,19,22)(H,20,21)/t10-,11-,12+,13+,15+/m0/s1. The van der Waals surface area contributed by atoms with E-state index in [-0.39, 0.29) is 24.7 Å². The van der Waals surface area contributed by atoms with Gasteiger partial charge in [-0.3, -0.25) is 0 Å². The number of fused-ring (bicyclic) bond motifs is 1. The van der Waals surface area contributed by atoms with Gasteiger partial charge in [-0.25, -0.2) is 9.59 Å². The molecule has 0 radical (unpaired) electrons. The number of ether oxygens (including phenoxy) is 5. The highest BCUT2D eigenvalue weighted by atomic mass is 32.2. The third kappa shape index (κ3) is 6.48. The van der Waals surface area contributed by atoms with Crippen molar-refractivity contribution in [3.8, 4) is 0 Å². The topological polar surface area (TPSA) is 113 Å². The minimum absolute atomic E-state index is 0.219. The Balaban J connectivity index is 1.78. The first-order chi connectivity index (χ1) is 12.9. The van der Waals surface area contributed by atoms with Crippen LogP contribution in [0.15, 0.2) is 0 Å². The number of nitrogens with one attached hydrogen (secondary N) is 1. The van der Waals surface area contributed by atoms with Crippen molar-refractivity contribution in [3.63, 3.8) is 0 Å². The van der Waals surface area contributed by atoms with E-state index in [2.05, 4.69) is 5.32 Å². The SMILES string of the molecule is CO[C@@H]1O[C@@H](CSCC[C@H](NC(=O)OC(C)(C)C)C(=O)O)[C@H]2OC(C)(C)O[C@@H]12. The van der Waals surface area contributed by atoms with Crippen molar-refractivity contribution < 1.29 is 38.4 Å². The van der Waals surface area contributed by atoms with Gasteiger partial charge in [-0.2, -0.15) is 11.8 Å². The van der Waals surface area contributed by atoms with Crippen LogP contribution in [0, 0.1) is 0 Å². The zero-order valence-corrected chi connectivity index (χ0v) is 18.0. The summed E-state index contributed by atoms with van der Waals surface area (Å²) in [6.45, 7) is 8.85. The number of carboxylic acid groups (broad SMARTS) is 1. The van der Waals surface area contributed by atoms with E-state index in [4.69, 9.17) is 23.7 Å². The van der Waals surface area contributed by atoms with Crippen molar-refractivity contribution in [2.75, 3.05) is 18.6 Å². The number of aliphatic carboxylic acids is 1. The number of rotatable bonds is 8. The monoisotopic (exact) mass is 421 g/mol. The van der Waals surface area contributed by atoms with E-state index < -0.39 is 35.8 Å². The molecule has 0 aromatic heterocycles. The van der Waals surface area contributed by atoms with Crippen LogP contribution in [0.2, 0.25) is 0 Å². The molecule has 0 spiro atoms. The smallest absolute Gasteiger partial charge is 0.408 e. The normalized spacial score (nSPS) is 29.9. The van der Waals surface area contributed by atoms with E-state index in [9.17, 15) is 14.7 Å². The number of carbonyl (C=O) groups excluding carboxylic acids is 1. The Labute approximate surface area is 169 Å². The molecule has 0 saturated carbocycles. The Morgan fingerprint density at radius 1 is 1.25 bits per heavy atom. The minimum Gasteiger partial charge on any atom is -0.480 e. The lowest BCUT2D eigenvalue weighted by molar-refractivity contribution is -0.224. The molecule has 0 bridgehead atoms. The molecule has 0 aromatic carbocycles. The predicted molar refractivity (Wildman–Crippen MR) is 102 cm³/mol. The third-order valence-electron chi connectivity index (χ3n) is 4.16. The highest BCUT2D eigenvalue weighted by Gasteiger charge is 2.55. The quantitative estimate of drug-likeness (QED) is 0.568. The van der Waals surface area contributed by atoms with Crippen molar-refractivity contribution in [2.24, 2.45) is 0 Å². The summed E-state index contributed by atoms with van der Waals surface area (Å²) < 4.78 is 28.1. The molecule has 0 aliphatic carbocycles. The van der Waals surface area contributed by atoms with E-state index in [1.807, 2.05) is 13.8 Å². The molecule has 2 fully saturated rings. The number of alkyl carbamates (subject to hydrolysis) is 1. The van der Waals surface area contributed by atoms with Gasteiger partial charge in [0.05, 0.1) is 6.10 Å². The fourth-order valence-corrected chi connectivity index (χ4v) is 4.14. The van der Waals surface area contributed by atoms with Gasteiger partial charge in [-0.15, -0.1) is 0 Å². The number of methoxy groups -OCH3 is 1. The average molecular weight is 422 g/mol. The van der Waals surface area contributed by atoms with E-state index in [0.29, 0.717) is 11.5 Å². The molecule has 9 nitrogen and oxygen atoms in total. The maximum absolute atomic E-state index is 11.8. The molecule has 2 saturated heterocycles. The maximum atomic E-state index is 11.8. The largest absolute Gasteiger partial charge is 0.480 e. The van der Waals surface area contributed by atoms with Crippen LogP contribution < -0.4 is 5.32 Å². The summed E-state index contributed by atoms with van der Waals surface area (Å²) in [7, 11) is 1.56. The Kier molecular flexibility index (Phi) is 7.60. The van der Waals surface area contributed by atoms with Crippen molar-refractivity contribution in [1.82, 2.24) is 5.32 Å². The number of hydrogen-bond acceptors (Lipinski definition) is 8. The van der Waals surface area contributed by atoms with Crippen LogP contribution in [-0.2, 0) is 28.5 Å². The summed E-state index contributed by atoms with van der Waals surface area (Å²) in [5.41, 5.74) is -0.687. The summed E-state index contributed by atoms with van der Waals surface area (Å²) in [5.74, 6) is -0.673. The molecule has 1 amide bonds. The molecule has 2 aliphatic rings. The lowest BCUT2D eigenvalue weighted by Crippen LogP contribution is -2.43. The molecular weight excluding hydrogens is 390 g/mol. The average Bonchev–Trinajstić information content (AvgIpc) is 3.01. The van der Waals surface area contributed by atoms with Gasteiger partial charge < -0.3 is 34.1 Å². The maximum Gasteiger partial charge on any atom is 0.408 e. The summed E-state index contributed by atoms with van der Waals surface area (Å²) in [6, 6.07) is -1.02. The zero-order chi connectivity index (χ0) is 21.1. The molecule has 2 rings (SSSR count). The molecule has 0 aromatic rings. The summed E-state index contributed by atoms with van der Waals surface area (Å²) in [5, 5.41) is 11.7. The number of carbonyl (C=O) groups is 2. The molecule has 10 heteroatoms. The van der Waals surface area contributed by atoms with Crippen molar-refractivity contribution in [1.29, 1.82) is 0 Å². The number of thioether (sulfide) groups is 1. The first kappa shape index (κ1) is 23.2. The summed E-state index contributed by atoms with van der Waals surface area (Å²) >= 11 is 1.53. The van der Waals surface area contributed by atoms with Crippen molar-refractivity contribution >= 4 is 23.8 Å². The molecule has 0 unspecified atom stereocenters. The fraction of sp³-hybridized carbons (Fsp3) is 0.889. The minimum atomic E-state index is -1.10. The lowest BCUT2D eigenvalue weighted by atomic mass is 10.2. The van der Waals surface area contributed by atoms with Gasteiger partial charge in [0.2, 0.25) is 0 Å². The zero-order valence-electron chi connectivity index (χ0n) is 17.2. The highest BCUT2D eigenvalue weighted by Crippen LogP contribution is 2.39. The van der Waals surface area contributed by atoms with Crippen LogP contribution in [0.25, 0.3) is 0 Å². The predicted octanol–water partition coefficient (Wildman–Crippen LogP) is 1.98. The molecule has 5 atom stereocenters. The van der Waals surface area contributed by atoms with Gasteiger partial charge in [0.25, 0.3) is 0 Å². The van der Waals surface area contributed by atoms with E-state index >= 15 is 0 Å². The van der Waals surface area contributed by atoms with Gasteiger partial charge in [-0.1, -0.05) is 0 Å². The first-order valence-corrected chi connectivity index (χ1v) is 10.4. The second-order valence-corrected chi connectivity index (χ2v) is 9.39. The van der Waals surface area contributed by atoms with E-state index in [1.54, 1.807) is 27.9 Å². The molecular formula is C18H31NO8S.